The second-order valence-electron chi connectivity index (χ2n) is 5.24. The van der Waals surface area contributed by atoms with Crippen molar-refractivity contribution in [3.05, 3.63) is 51.2 Å². The standard InChI is InChI=1S/C18H21NO3S/c1-4-10-22-18(21)13-6-8-14(9-7-13)19-17(20)16-11-12(3)15(5-2)23-16/h6-9,11H,4-5,10H2,1-3H3,(H,19,20). The zero-order chi connectivity index (χ0) is 16.8. The van der Waals surface area contributed by atoms with Crippen molar-refractivity contribution in [3.8, 4) is 0 Å². The largest absolute Gasteiger partial charge is 0.462 e. The minimum atomic E-state index is -0.341. The Morgan fingerprint density at radius 1 is 1.17 bits per heavy atom. The Labute approximate surface area is 140 Å². The molecule has 1 N–H and O–H groups in total. The molecule has 1 aromatic carbocycles. The predicted molar refractivity (Wildman–Crippen MR) is 93.4 cm³/mol. The Balaban J connectivity index is 2.02. The maximum Gasteiger partial charge on any atom is 0.338 e. The molecule has 0 spiro atoms. The van der Waals surface area contributed by atoms with Crippen LogP contribution in [-0.4, -0.2) is 18.5 Å². The summed E-state index contributed by atoms with van der Waals surface area (Å²) < 4.78 is 5.07. The Bertz CT molecular complexity index is 689. The van der Waals surface area contributed by atoms with E-state index in [1.54, 1.807) is 24.3 Å². The highest BCUT2D eigenvalue weighted by atomic mass is 32.1. The van der Waals surface area contributed by atoms with E-state index in [-0.39, 0.29) is 11.9 Å². The molecule has 0 bridgehead atoms. The van der Waals surface area contributed by atoms with Crippen molar-refractivity contribution in [3.63, 3.8) is 0 Å². The van der Waals surface area contributed by atoms with Gasteiger partial charge in [-0.25, -0.2) is 4.79 Å². The lowest BCUT2D eigenvalue weighted by molar-refractivity contribution is 0.0505. The Morgan fingerprint density at radius 2 is 1.87 bits per heavy atom. The minimum absolute atomic E-state index is 0.126. The zero-order valence-electron chi connectivity index (χ0n) is 13.6. The van der Waals surface area contributed by atoms with Crippen molar-refractivity contribution in [1.29, 1.82) is 0 Å². The second kappa shape index (κ2) is 7.92. The first kappa shape index (κ1) is 17.2. The molecule has 1 aromatic heterocycles. The van der Waals surface area contributed by atoms with Crippen LogP contribution < -0.4 is 5.32 Å². The third-order valence-corrected chi connectivity index (χ3v) is 4.76. The van der Waals surface area contributed by atoms with Crippen LogP contribution in [0.25, 0.3) is 0 Å². The molecule has 5 heteroatoms. The molecule has 0 fully saturated rings. The van der Waals surface area contributed by atoms with Gasteiger partial charge in [-0.3, -0.25) is 4.79 Å². The first-order valence-electron chi connectivity index (χ1n) is 7.73. The van der Waals surface area contributed by atoms with Gasteiger partial charge >= 0.3 is 5.97 Å². The minimum Gasteiger partial charge on any atom is -0.462 e. The zero-order valence-corrected chi connectivity index (χ0v) is 14.5. The average molecular weight is 331 g/mol. The summed E-state index contributed by atoms with van der Waals surface area (Å²) in [6.45, 7) is 6.46. The van der Waals surface area contributed by atoms with Crippen LogP contribution in [0, 0.1) is 6.92 Å². The van der Waals surface area contributed by atoms with Gasteiger partial charge in [0.05, 0.1) is 17.0 Å². The highest BCUT2D eigenvalue weighted by Crippen LogP contribution is 2.23. The number of anilines is 1. The Hall–Kier alpha value is -2.14. The van der Waals surface area contributed by atoms with Crippen LogP contribution >= 0.6 is 11.3 Å². The van der Waals surface area contributed by atoms with E-state index in [2.05, 4.69) is 12.2 Å². The molecule has 2 aromatic rings. The monoisotopic (exact) mass is 331 g/mol. The molecule has 0 atom stereocenters. The highest BCUT2D eigenvalue weighted by molar-refractivity contribution is 7.14. The van der Waals surface area contributed by atoms with Crippen LogP contribution in [0.3, 0.4) is 0 Å². The van der Waals surface area contributed by atoms with Crippen LogP contribution in [0.5, 0.6) is 0 Å². The summed E-state index contributed by atoms with van der Waals surface area (Å²) in [5.41, 5.74) is 2.29. The number of carbonyl (C=O) groups is 2. The molecule has 23 heavy (non-hydrogen) atoms. The fourth-order valence-electron chi connectivity index (χ4n) is 2.14. The molecule has 0 aliphatic rings. The number of ether oxygens (including phenoxy) is 1. The van der Waals surface area contributed by atoms with Gasteiger partial charge in [0.1, 0.15) is 0 Å². The van der Waals surface area contributed by atoms with Gasteiger partial charge in [-0.15, -0.1) is 11.3 Å². The number of benzene rings is 1. The van der Waals surface area contributed by atoms with Gasteiger partial charge < -0.3 is 10.1 Å². The van der Waals surface area contributed by atoms with Crippen LogP contribution in [0.4, 0.5) is 5.69 Å². The van der Waals surface area contributed by atoms with E-state index < -0.39 is 0 Å². The fourth-order valence-corrected chi connectivity index (χ4v) is 3.15. The molecule has 122 valence electrons. The van der Waals surface area contributed by atoms with Gasteiger partial charge in [0.2, 0.25) is 0 Å². The summed E-state index contributed by atoms with van der Waals surface area (Å²) in [5, 5.41) is 2.85. The van der Waals surface area contributed by atoms with Crippen molar-refractivity contribution in [2.45, 2.75) is 33.6 Å². The van der Waals surface area contributed by atoms with Crippen LogP contribution in [0.1, 0.15) is 50.7 Å². The lowest BCUT2D eigenvalue weighted by atomic mass is 10.2. The first-order valence-corrected chi connectivity index (χ1v) is 8.54. The van der Waals surface area contributed by atoms with Crippen molar-refractivity contribution < 1.29 is 14.3 Å². The molecule has 2 rings (SSSR count). The number of hydrogen-bond donors (Lipinski definition) is 1. The normalized spacial score (nSPS) is 10.4. The number of thiophene rings is 1. The summed E-state index contributed by atoms with van der Waals surface area (Å²) in [7, 11) is 0. The topological polar surface area (TPSA) is 55.4 Å². The van der Waals surface area contributed by atoms with Gasteiger partial charge in [-0.05, 0) is 55.7 Å². The van der Waals surface area contributed by atoms with Gasteiger partial charge in [-0.2, -0.15) is 0 Å². The highest BCUT2D eigenvalue weighted by Gasteiger charge is 2.12. The van der Waals surface area contributed by atoms with Crippen molar-refractivity contribution >= 4 is 28.9 Å². The van der Waals surface area contributed by atoms with E-state index in [4.69, 9.17) is 4.74 Å². The Kier molecular flexibility index (Phi) is 5.93. The van der Waals surface area contributed by atoms with Crippen LogP contribution in [0.2, 0.25) is 0 Å². The number of esters is 1. The summed E-state index contributed by atoms with van der Waals surface area (Å²) in [6.07, 6.45) is 1.72. The third-order valence-electron chi connectivity index (χ3n) is 3.38. The molecule has 0 aliphatic heterocycles. The third kappa shape index (κ3) is 4.42. The maximum absolute atomic E-state index is 12.3. The lowest BCUT2D eigenvalue weighted by Gasteiger charge is -2.06. The van der Waals surface area contributed by atoms with Crippen molar-refractivity contribution in [2.75, 3.05) is 11.9 Å². The number of amides is 1. The lowest BCUT2D eigenvalue weighted by Crippen LogP contribution is -2.10. The van der Waals surface area contributed by atoms with E-state index in [0.29, 0.717) is 22.7 Å². The fraction of sp³-hybridized carbons (Fsp3) is 0.333. The molecular weight excluding hydrogens is 310 g/mol. The SMILES string of the molecule is CCCOC(=O)c1ccc(NC(=O)c2cc(C)c(CC)s2)cc1. The average Bonchev–Trinajstić information content (AvgIpc) is 2.94. The quantitative estimate of drug-likeness (QED) is 0.796. The smallest absolute Gasteiger partial charge is 0.338 e. The molecule has 0 unspecified atom stereocenters. The van der Waals surface area contributed by atoms with Crippen LogP contribution in [0.15, 0.2) is 30.3 Å². The molecule has 0 saturated carbocycles. The molecule has 4 nitrogen and oxygen atoms in total. The van der Waals surface area contributed by atoms with Crippen LogP contribution in [-0.2, 0) is 11.2 Å². The number of nitrogens with one attached hydrogen (secondary N) is 1. The number of rotatable bonds is 6. The van der Waals surface area contributed by atoms with E-state index in [1.807, 2.05) is 19.9 Å². The van der Waals surface area contributed by atoms with E-state index in [9.17, 15) is 9.59 Å². The maximum atomic E-state index is 12.3. The molecule has 0 saturated heterocycles. The number of aryl methyl sites for hydroxylation is 2. The van der Waals surface area contributed by atoms with Crippen molar-refractivity contribution in [2.24, 2.45) is 0 Å². The molecule has 1 heterocycles. The Morgan fingerprint density at radius 3 is 2.43 bits per heavy atom. The van der Waals surface area contributed by atoms with Gasteiger partial charge in [-0.1, -0.05) is 13.8 Å². The predicted octanol–water partition coefficient (Wildman–Crippen LogP) is 4.44. The molecule has 0 aliphatic carbocycles. The van der Waals surface area contributed by atoms with E-state index in [1.165, 1.54) is 16.2 Å². The summed E-state index contributed by atoms with van der Waals surface area (Å²) in [6, 6.07) is 8.65. The van der Waals surface area contributed by atoms with Crippen molar-refractivity contribution in [1.82, 2.24) is 0 Å². The molecule has 1 amide bonds. The first-order chi connectivity index (χ1) is 11.0. The summed E-state index contributed by atoms with van der Waals surface area (Å²) in [5.74, 6) is -0.467. The number of carbonyl (C=O) groups excluding carboxylic acids is 2. The van der Waals surface area contributed by atoms with E-state index in [0.717, 1.165) is 18.4 Å². The molecular formula is C18H21NO3S. The summed E-state index contributed by atoms with van der Waals surface area (Å²) in [4.78, 5) is 25.9. The van der Waals surface area contributed by atoms with Gasteiger partial charge in [0.15, 0.2) is 0 Å². The summed E-state index contributed by atoms with van der Waals surface area (Å²) >= 11 is 1.52. The van der Waals surface area contributed by atoms with Gasteiger partial charge in [0, 0.05) is 10.6 Å². The van der Waals surface area contributed by atoms with E-state index >= 15 is 0 Å². The van der Waals surface area contributed by atoms with Gasteiger partial charge in [0.25, 0.3) is 5.91 Å². The number of hydrogen-bond acceptors (Lipinski definition) is 4. The molecule has 0 radical (unpaired) electrons. The second-order valence-corrected chi connectivity index (χ2v) is 6.37.